The molecule has 2 aliphatic heterocycles. The van der Waals surface area contributed by atoms with Gasteiger partial charge in [0.2, 0.25) is 0 Å². The van der Waals surface area contributed by atoms with Gasteiger partial charge in [0.05, 0.1) is 24.8 Å². The van der Waals surface area contributed by atoms with Gasteiger partial charge in [-0.2, -0.15) is 5.10 Å². The summed E-state index contributed by atoms with van der Waals surface area (Å²) in [6.07, 6.45) is 3.40. The van der Waals surface area contributed by atoms with Gasteiger partial charge in [-0.3, -0.25) is 9.08 Å². The van der Waals surface area contributed by atoms with E-state index in [4.69, 9.17) is 9.47 Å². The third kappa shape index (κ3) is 2.41. The maximum absolute atomic E-state index is 14.7. The fraction of sp³-hybridized carbons (Fsp3) is 0.286. The molecule has 0 fully saturated rings. The summed E-state index contributed by atoms with van der Waals surface area (Å²) in [5.74, 6) is 1.81. The Bertz CT molecular complexity index is 1280. The zero-order valence-corrected chi connectivity index (χ0v) is 16.3. The summed E-state index contributed by atoms with van der Waals surface area (Å²) in [6.45, 7) is 3.95. The Morgan fingerprint density at radius 3 is 2.93 bits per heavy atom. The molecular formula is C21H19FN6O2. The standard InChI is InChI=1S/C21H19FN6O2/c1-2-28-16(5-6-25-28)13-7-18-21(27-11-24-26-20(13)27)23-8-14-15(22)3-4-17-19(14)12(9-29-17)10-30-18/h3-7,11-12,23H,2,8-10H2,1H3/t12-/m0/s1. The molecule has 1 aromatic carbocycles. The Labute approximate surface area is 171 Å². The van der Waals surface area contributed by atoms with E-state index in [9.17, 15) is 4.39 Å². The molecule has 0 unspecified atom stereocenters. The van der Waals surface area contributed by atoms with Crippen LogP contribution >= 0.6 is 0 Å². The smallest absolute Gasteiger partial charge is 0.171 e. The van der Waals surface area contributed by atoms with Crippen LogP contribution in [0, 0.1) is 5.82 Å². The van der Waals surface area contributed by atoms with E-state index in [2.05, 4.69) is 20.6 Å². The zero-order valence-electron chi connectivity index (χ0n) is 16.3. The van der Waals surface area contributed by atoms with Crippen LogP contribution in [-0.4, -0.2) is 37.6 Å². The van der Waals surface area contributed by atoms with Crippen LogP contribution in [0.4, 0.5) is 10.2 Å². The van der Waals surface area contributed by atoms with Crippen molar-refractivity contribution in [1.29, 1.82) is 0 Å². The first-order chi connectivity index (χ1) is 14.7. The Kier molecular flexibility index (Phi) is 3.71. The lowest BCUT2D eigenvalue weighted by atomic mass is 9.96. The maximum atomic E-state index is 14.7. The van der Waals surface area contributed by atoms with E-state index >= 15 is 0 Å². The van der Waals surface area contributed by atoms with Gasteiger partial charge in [0, 0.05) is 36.0 Å². The Morgan fingerprint density at radius 2 is 2.07 bits per heavy atom. The quantitative estimate of drug-likeness (QED) is 0.551. The van der Waals surface area contributed by atoms with Crippen LogP contribution < -0.4 is 14.8 Å². The predicted octanol–water partition coefficient (Wildman–Crippen LogP) is 3.23. The third-order valence-electron chi connectivity index (χ3n) is 5.81. The number of halogens is 1. The number of anilines is 1. The molecule has 0 bridgehead atoms. The van der Waals surface area contributed by atoms with Gasteiger partial charge in [0.1, 0.15) is 17.9 Å². The minimum absolute atomic E-state index is 0.0281. The highest BCUT2D eigenvalue weighted by atomic mass is 19.1. The van der Waals surface area contributed by atoms with Gasteiger partial charge >= 0.3 is 0 Å². The molecule has 0 aliphatic carbocycles. The van der Waals surface area contributed by atoms with Gasteiger partial charge in [-0.25, -0.2) is 4.39 Å². The van der Waals surface area contributed by atoms with E-state index in [-0.39, 0.29) is 11.7 Å². The summed E-state index contributed by atoms with van der Waals surface area (Å²) in [5, 5.41) is 16.2. The summed E-state index contributed by atoms with van der Waals surface area (Å²) in [4.78, 5) is 0. The van der Waals surface area contributed by atoms with Crippen molar-refractivity contribution in [3.8, 4) is 22.8 Å². The number of hydrogen-bond acceptors (Lipinski definition) is 6. The lowest BCUT2D eigenvalue weighted by molar-refractivity contribution is 0.249. The van der Waals surface area contributed by atoms with Gasteiger partial charge in [0.25, 0.3) is 0 Å². The number of pyridine rings is 1. The highest BCUT2D eigenvalue weighted by molar-refractivity contribution is 5.80. The van der Waals surface area contributed by atoms with Crippen LogP contribution in [0.3, 0.4) is 0 Å². The average Bonchev–Trinajstić information content (AvgIpc) is 3.50. The molecule has 30 heavy (non-hydrogen) atoms. The molecule has 6 rings (SSSR count). The van der Waals surface area contributed by atoms with Crippen molar-refractivity contribution in [3.05, 3.63) is 53.7 Å². The van der Waals surface area contributed by atoms with Crippen molar-refractivity contribution < 1.29 is 13.9 Å². The summed E-state index contributed by atoms with van der Waals surface area (Å²) in [5.41, 5.74) is 3.99. The molecule has 0 saturated carbocycles. The molecule has 2 aliphatic rings. The van der Waals surface area contributed by atoms with Crippen LogP contribution in [0.5, 0.6) is 11.5 Å². The maximum Gasteiger partial charge on any atom is 0.171 e. The molecule has 0 saturated heterocycles. The normalized spacial score (nSPS) is 17.2. The number of fused-ring (bicyclic) bond motifs is 3. The zero-order chi connectivity index (χ0) is 20.2. The number of benzene rings is 1. The highest BCUT2D eigenvalue weighted by Gasteiger charge is 2.31. The lowest BCUT2D eigenvalue weighted by Crippen LogP contribution is -2.13. The van der Waals surface area contributed by atoms with Crippen LogP contribution in [0.1, 0.15) is 24.0 Å². The first kappa shape index (κ1) is 17.3. The average molecular weight is 406 g/mol. The van der Waals surface area contributed by atoms with Crippen LogP contribution in [0.15, 0.2) is 36.8 Å². The van der Waals surface area contributed by atoms with Crippen molar-refractivity contribution in [1.82, 2.24) is 24.4 Å². The molecule has 5 heterocycles. The molecule has 4 aromatic rings. The summed E-state index contributed by atoms with van der Waals surface area (Å²) < 4.78 is 30.5. The Balaban J connectivity index is 1.53. The molecule has 3 aromatic heterocycles. The highest BCUT2D eigenvalue weighted by Crippen LogP contribution is 2.41. The van der Waals surface area contributed by atoms with Crippen molar-refractivity contribution in [3.63, 3.8) is 0 Å². The Morgan fingerprint density at radius 1 is 1.20 bits per heavy atom. The number of hydrogen-bond donors (Lipinski definition) is 1. The van der Waals surface area contributed by atoms with Crippen LogP contribution in [0.25, 0.3) is 16.9 Å². The molecular weight excluding hydrogens is 387 g/mol. The molecule has 1 atom stereocenters. The number of aromatic nitrogens is 5. The van der Waals surface area contributed by atoms with E-state index in [1.807, 2.05) is 28.1 Å². The fourth-order valence-corrected chi connectivity index (χ4v) is 4.39. The van der Waals surface area contributed by atoms with E-state index < -0.39 is 0 Å². The van der Waals surface area contributed by atoms with Gasteiger partial charge in [0.15, 0.2) is 17.2 Å². The lowest BCUT2D eigenvalue weighted by Gasteiger charge is -2.17. The number of nitrogens with zero attached hydrogens (tertiary/aromatic N) is 5. The second kappa shape index (κ2) is 6.45. The first-order valence-corrected chi connectivity index (χ1v) is 9.94. The minimum atomic E-state index is -0.247. The molecule has 8 nitrogen and oxygen atoms in total. The largest absolute Gasteiger partial charge is 0.493 e. The Hall–Kier alpha value is -3.62. The number of rotatable bonds is 2. The predicted molar refractivity (Wildman–Crippen MR) is 107 cm³/mol. The summed E-state index contributed by atoms with van der Waals surface area (Å²) in [6, 6.07) is 7.06. The van der Waals surface area contributed by atoms with Crippen molar-refractivity contribution >= 4 is 11.5 Å². The fourth-order valence-electron chi connectivity index (χ4n) is 4.39. The van der Waals surface area contributed by atoms with Gasteiger partial charge in [-0.05, 0) is 31.2 Å². The van der Waals surface area contributed by atoms with E-state index in [1.165, 1.54) is 6.07 Å². The second-order valence-electron chi connectivity index (χ2n) is 7.44. The molecule has 0 spiro atoms. The second-order valence-corrected chi connectivity index (χ2v) is 7.44. The molecule has 152 valence electrons. The number of nitrogens with one attached hydrogen (secondary N) is 1. The third-order valence-corrected chi connectivity index (χ3v) is 5.81. The van der Waals surface area contributed by atoms with E-state index in [1.54, 1.807) is 18.6 Å². The first-order valence-electron chi connectivity index (χ1n) is 9.94. The SMILES string of the molecule is CCn1nccc1-c1cc2c(n3cnnc13)NCc1c(F)ccc3c1[C@@H](CO3)CO2. The van der Waals surface area contributed by atoms with Crippen LogP contribution in [0.2, 0.25) is 0 Å². The summed E-state index contributed by atoms with van der Waals surface area (Å²) >= 11 is 0. The van der Waals surface area contributed by atoms with Crippen LogP contribution in [-0.2, 0) is 13.1 Å². The van der Waals surface area contributed by atoms with Crippen molar-refractivity contribution in [2.75, 3.05) is 18.5 Å². The minimum Gasteiger partial charge on any atom is -0.493 e. The molecule has 1 N–H and O–H groups in total. The van der Waals surface area contributed by atoms with E-state index in [0.29, 0.717) is 42.5 Å². The summed E-state index contributed by atoms with van der Waals surface area (Å²) in [7, 11) is 0. The number of ether oxygens (including phenoxy) is 2. The van der Waals surface area contributed by atoms with E-state index in [0.717, 1.165) is 29.1 Å². The molecule has 0 radical (unpaired) electrons. The molecule has 0 amide bonds. The monoisotopic (exact) mass is 406 g/mol. The van der Waals surface area contributed by atoms with Crippen molar-refractivity contribution in [2.24, 2.45) is 0 Å². The van der Waals surface area contributed by atoms with Crippen molar-refractivity contribution in [2.45, 2.75) is 25.9 Å². The van der Waals surface area contributed by atoms with Gasteiger partial charge in [-0.1, -0.05) is 0 Å². The van der Waals surface area contributed by atoms with Gasteiger partial charge < -0.3 is 14.8 Å². The topological polar surface area (TPSA) is 78.5 Å². The number of aryl methyl sites for hydroxylation is 1. The molecule has 9 heteroatoms. The van der Waals surface area contributed by atoms with Gasteiger partial charge in [-0.15, -0.1) is 10.2 Å².